The van der Waals surface area contributed by atoms with Crippen LogP contribution in [0, 0.1) is 5.41 Å². The largest absolute Gasteiger partial charge is 0.479 e. The Bertz CT molecular complexity index is 760. The number of hydrogen-bond acceptors (Lipinski definition) is 6. The Morgan fingerprint density at radius 3 is 1.30 bits per heavy atom. The number of aliphatic carboxylic acids is 2. The zero-order valence-corrected chi connectivity index (χ0v) is 13.4. The van der Waals surface area contributed by atoms with E-state index in [4.69, 9.17) is 10.2 Å². The number of carboxylic acids is 2. The summed E-state index contributed by atoms with van der Waals surface area (Å²) in [5.41, 5.74) is -10.6. The number of hydrogen-bond donors (Lipinski definition) is 2. The lowest BCUT2D eigenvalue weighted by Gasteiger charge is -2.24. The zero-order chi connectivity index (χ0) is 21.1. The maximum Gasteiger partial charge on any atom is 0.430 e. The van der Waals surface area contributed by atoms with Crippen LogP contribution in [0.3, 0.4) is 0 Å². The van der Waals surface area contributed by atoms with E-state index in [9.17, 15) is 35.9 Å². The van der Waals surface area contributed by atoms with Crippen LogP contribution >= 0.6 is 0 Å². The van der Waals surface area contributed by atoms with Crippen molar-refractivity contribution in [3.05, 3.63) is 23.5 Å². The van der Waals surface area contributed by atoms with E-state index in [1.54, 1.807) is 0 Å². The number of alkyl halides is 6. The van der Waals surface area contributed by atoms with E-state index in [-0.39, 0.29) is 12.2 Å². The molecule has 2 N–H and O–H groups in total. The Morgan fingerprint density at radius 1 is 0.815 bits per heavy atom. The van der Waals surface area contributed by atoms with Crippen LogP contribution in [-0.2, 0) is 9.59 Å². The minimum absolute atomic E-state index is 0.139. The molecule has 0 aliphatic carbocycles. The van der Waals surface area contributed by atoms with E-state index < -0.39 is 52.2 Å². The van der Waals surface area contributed by atoms with Crippen LogP contribution in [0.2, 0.25) is 0 Å². The number of nitrogens with zero attached hydrogens (tertiary/aromatic N) is 4. The van der Waals surface area contributed by atoms with E-state index in [1.165, 1.54) is 0 Å². The molecule has 0 aromatic rings. The molecule has 0 saturated heterocycles. The van der Waals surface area contributed by atoms with Gasteiger partial charge in [-0.3, -0.25) is 0 Å². The standard InChI is InChI=1S/C13H10F6N4O4/c1-9(2,5-3-10(7(24)25,22-20-5)12(14,15)16)6-4-11(8(26)27,23-21-6)13(17,18)19/h3-4H,1-2H3,(H,24,25)(H,26,27). The number of halogens is 6. The molecule has 0 bridgehead atoms. The highest BCUT2D eigenvalue weighted by molar-refractivity contribution is 5.85. The average molecular weight is 400 g/mol. The Labute approximate surface area is 146 Å². The molecule has 0 radical (unpaired) electrons. The van der Waals surface area contributed by atoms with Gasteiger partial charge in [0.05, 0.1) is 16.8 Å². The van der Waals surface area contributed by atoms with Crippen LogP contribution in [0.15, 0.2) is 44.0 Å². The van der Waals surface area contributed by atoms with E-state index >= 15 is 0 Å². The lowest BCUT2D eigenvalue weighted by Crippen LogP contribution is -2.48. The molecule has 8 nitrogen and oxygen atoms in total. The van der Waals surface area contributed by atoms with Crippen molar-refractivity contribution in [3.63, 3.8) is 0 Å². The Hall–Kier alpha value is -2.80. The fraction of sp³-hybridized carbons (Fsp3) is 0.538. The van der Waals surface area contributed by atoms with Crippen LogP contribution in [-0.4, -0.2) is 45.6 Å². The van der Waals surface area contributed by atoms with Crippen molar-refractivity contribution < 1.29 is 46.1 Å². The van der Waals surface area contributed by atoms with Crippen LogP contribution < -0.4 is 0 Å². The first kappa shape index (κ1) is 20.5. The van der Waals surface area contributed by atoms with Crippen LogP contribution in [0.5, 0.6) is 0 Å². The monoisotopic (exact) mass is 400 g/mol. The van der Waals surface area contributed by atoms with E-state index in [1.807, 2.05) is 0 Å². The normalized spacial score (nSPS) is 28.3. The van der Waals surface area contributed by atoms with E-state index in [2.05, 4.69) is 20.5 Å². The molecule has 0 aromatic carbocycles. The minimum Gasteiger partial charge on any atom is -0.479 e. The molecule has 0 amide bonds. The summed E-state index contributed by atoms with van der Waals surface area (Å²) >= 11 is 0. The summed E-state index contributed by atoms with van der Waals surface area (Å²) in [4.78, 5) is 22.2. The summed E-state index contributed by atoms with van der Waals surface area (Å²) in [6, 6.07) is 0. The molecular formula is C13H10F6N4O4. The van der Waals surface area contributed by atoms with Gasteiger partial charge in [-0.2, -0.15) is 46.8 Å². The smallest absolute Gasteiger partial charge is 0.430 e. The lowest BCUT2D eigenvalue weighted by molar-refractivity contribution is -0.192. The van der Waals surface area contributed by atoms with Crippen molar-refractivity contribution in [3.8, 4) is 0 Å². The summed E-state index contributed by atoms with van der Waals surface area (Å²) in [5.74, 6) is -4.77. The minimum atomic E-state index is -5.37. The van der Waals surface area contributed by atoms with Crippen molar-refractivity contribution in [2.24, 2.45) is 25.9 Å². The van der Waals surface area contributed by atoms with Gasteiger partial charge < -0.3 is 10.2 Å². The molecule has 27 heavy (non-hydrogen) atoms. The molecule has 0 fully saturated rings. The van der Waals surface area contributed by atoms with Gasteiger partial charge in [-0.25, -0.2) is 9.59 Å². The highest BCUT2D eigenvalue weighted by Crippen LogP contribution is 2.50. The van der Waals surface area contributed by atoms with Gasteiger partial charge in [0.1, 0.15) is 0 Å². The Morgan fingerprint density at radius 2 is 1.11 bits per heavy atom. The second-order valence-electron chi connectivity index (χ2n) is 6.22. The average Bonchev–Trinajstić information content (AvgIpc) is 3.13. The molecule has 2 aliphatic heterocycles. The molecule has 2 atom stereocenters. The van der Waals surface area contributed by atoms with Gasteiger partial charge in [-0.15, -0.1) is 0 Å². The molecular weight excluding hydrogens is 390 g/mol. The molecule has 0 aromatic heterocycles. The Kier molecular flexibility index (Phi) is 4.25. The van der Waals surface area contributed by atoms with Gasteiger partial charge in [0, 0.05) is 0 Å². The second kappa shape index (κ2) is 5.60. The van der Waals surface area contributed by atoms with Crippen LogP contribution in [0.25, 0.3) is 0 Å². The Balaban J connectivity index is 2.56. The van der Waals surface area contributed by atoms with Gasteiger partial charge in [0.15, 0.2) is 0 Å². The zero-order valence-electron chi connectivity index (χ0n) is 13.4. The highest BCUT2D eigenvalue weighted by atomic mass is 19.4. The van der Waals surface area contributed by atoms with Gasteiger partial charge in [-0.1, -0.05) is 0 Å². The third-order valence-electron chi connectivity index (χ3n) is 4.12. The summed E-state index contributed by atoms with van der Waals surface area (Å²) < 4.78 is 78.8. The van der Waals surface area contributed by atoms with Crippen molar-refractivity contribution in [1.29, 1.82) is 0 Å². The number of carboxylic acid groups (broad SMARTS) is 2. The third-order valence-corrected chi connectivity index (χ3v) is 4.12. The van der Waals surface area contributed by atoms with Gasteiger partial charge in [0.25, 0.3) is 11.1 Å². The predicted molar refractivity (Wildman–Crippen MR) is 72.5 cm³/mol. The van der Waals surface area contributed by atoms with Crippen molar-refractivity contribution in [2.45, 2.75) is 37.3 Å². The first-order chi connectivity index (χ1) is 12.0. The topological polar surface area (TPSA) is 124 Å². The van der Waals surface area contributed by atoms with Crippen LogP contribution in [0.4, 0.5) is 26.3 Å². The molecule has 2 rings (SSSR count). The van der Waals surface area contributed by atoms with Crippen molar-refractivity contribution in [1.82, 2.24) is 0 Å². The fourth-order valence-electron chi connectivity index (χ4n) is 2.25. The third kappa shape index (κ3) is 2.78. The fourth-order valence-corrected chi connectivity index (χ4v) is 2.25. The number of azo groups is 2. The summed E-state index contributed by atoms with van der Waals surface area (Å²) in [5, 5.41) is 29.6. The van der Waals surface area contributed by atoms with Gasteiger partial charge in [-0.05, 0) is 26.0 Å². The number of rotatable bonds is 4. The quantitative estimate of drug-likeness (QED) is 0.701. The maximum absolute atomic E-state index is 13.1. The number of carbonyl (C=O) groups is 2. The highest BCUT2D eigenvalue weighted by Gasteiger charge is 2.65. The lowest BCUT2D eigenvalue weighted by atomic mass is 9.81. The molecule has 0 saturated carbocycles. The molecule has 2 heterocycles. The first-order valence-electron chi connectivity index (χ1n) is 6.94. The van der Waals surface area contributed by atoms with Gasteiger partial charge >= 0.3 is 24.3 Å². The molecule has 148 valence electrons. The molecule has 14 heteroatoms. The van der Waals surface area contributed by atoms with Crippen molar-refractivity contribution >= 4 is 11.9 Å². The molecule has 2 aliphatic rings. The van der Waals surface area contributed by atoms with Gasteiger partial charge in [0.2, 0.25) is 0 Å². The van der Waals surface area contributed by atoms with E-state index in [0.717, 1.165) is 13.8 Å². The predicted octanol–water partition coefficient (Wildman–Crippen LogP) is 3.48. The summed E-state index contributed by atoms with van der Waals surface area (Å²) in [6.07, 6.45) is -10.5. The maximum atomic E-state index is 13.1. The van der Waals surface area contributed by atoms with Crippen molar-refractivity contribution in [2.75, 3.05) is 0 Å². The first-order valence-corrected chi connectivity index (χ1v) is 6.94. The molecule has 0 spiro atoms. The molecule has 2 unspecified atom stereocenters. The summed E-state index contributed by atoms with van der Waals surface area (Å²) in [7, 11) is 0. The summed E-state index contributed by atoms with van der Waals surface area (Å²) in [6.45, 7) is 2.15. The van der Waals surface area contributed by atoms with Crippen LogP contribution in [0.1, 0.15) is 13.8 Å². The van der Waals surface area contributed by atoms with E-state index in [0.29, 0.717) is 0 Å². The SMILES string of the molecule is CC(C)(C1=CC(C(=O)O)(C(F)(F)F)N=N1)C1=CC(C(=O)O)(C(F)(F)F)N=N1. The second-order valence-corrected chi connectivity index (χ2v) is 6.22.